The van der Waals surface area contributed by atoms with Crippen LogP contribution in [0.1, 0.15) is 11.4 Å². The summed E-state index contributed by atoms with van der Waals surface area (Å²) in [4.78, 5) is 4.12. The number of pyridine rings is 1. The summed E-state index contributed by atoms with van der Waals surface area (Å²) < 4.78 is 2.44. The molecule has 0 aliphatic heterocycles. The van der Waals surface area contributed by atoms with Crippen LogP contribution in [0.3, 0.4) is 0 Å². The number of benzene rings is 1. The third-order valence-corrected chi connectivity index (χ3v) is 3.45. The zero-order chi connectivity index (χ0) is 13.9. The van der Waals surface area contributed by atoms with Crippen molar-refractivity contribution >= 4 is 23.8 Å². The van der Waals surface area contributed by atoms with Crippen molar-refractivity contribution in [2.45, 2.75) is 6.42 Å². The van der Waals surface area contributed by atoms with Gasteiger partial charge < -0.3 is 0 Å². The van der Waals surface area contributed by atoms with Crippen LogP contribution in [0.2, 0.25) is 5.02 Å². The minimum absolute atomic E-state index is 0.557. The molecule has 0 unspecified atom stereocenters. The Hall–Kier alpha value is -1.98. The second kappa shape index (κ2) is 5.56. The highest BCUT2D eigenvalue weighted by Gasteiger charge is 2.09. The van der Waals surface area contributed by atoms with E-state index in [-0.39, 0.29) is 0 Å². The summed E-state index contributed by atoms with van der Waals surface area (Å²) in [5.41, 5.74) is 2.02. The second-order valence-corrected chi connectivity index (χ2v) is 5.12. The average Bonchev–Trinajstić information content (AvgIpc) is 2.83. The lowest BCUT2D eigenvalue weighted by Crippen LogP contribution is -2.02. The summed E-state index contributed by atoms with van der Waals surface area (Å²) in [6.07, 6.45) is 4.15. The van der Waals surface area contributed by atoms with Crippen LogP contribution in [-0.4, -0.2) is 19.7 Å². The minimum Gasteiger partial charge on any atom is -0.270 e. The van der Waals surface area contributed by atoms with Crippen molar-refractivity contribution in [2.75, 3.05) is 0 Å². The number of hydrogen-bond donors (Lipinski definition) is 1. The molecule has 1 N–H and O–H groups in total. The number of H-pyrrole nitrogens is 1. The summed E-state index contributed by atoms with van der Waals surface area (Å²) in [7, 11) is 0. The number of rotatable bonds is 3. The predicted octanol–water partition coefficient (Wildman–Crippen LogP) is 3.57. The zero-order valence-electron chi connectivity index (χ0n) is 10.5. The van der Waals surface area contributed by atoms with Gasteiger partial charge in [-0.2, -0.15) is 5.10 Å². The quantitative estimate of drug-likeness (QED) is 0.752. The van der Waals surface area contributed by atoms with Gasteiger partial charge >= 0.3 is 0 Å². The third-order valence-electron chi connectivity index (χ3n) is 2.92. The van der Waals surface area contributed by atoms with E-state index < -0.39 is 0 Å². The number of aromatic nitrogens is 4. The highest BCUT2D eigenvalue weighted by Crippen LogP contribution is 2.15. The molecule has 2 aromatic heterocycles. The first-order valence-corrected chi connectivity index (χ1v) is 6.84. The Balaban J connectivity index is 1.99. The van der Waals surface area contributed by atoms with Crippen molar-refractivity contribution in [2.24, 2.45) is 0 Å². The Morgan fingerprint density at radius 2 is 2.00 bits per heavy atom. The molecule has 0 radical (unpaired) electrons. The molecule has 0 spiro atoms. The molecule has 0 amide bonds. The van der Waals surface area contributed by atoms with Crippen LogP contribution in [0.5, 0.6) is 0 Å². The summed E-state index contributed by atoms with van der Waals surface area (Å²) >= 11 is 11.2. The summed E-state index contributed by atoms with van der Waals surface area (Å²) in [5, 5.41) is 7.85. The van der Waals surface area contributed by atoms with Crippen molar-refractivity contribution in [1.29, 1.82) is 0 Å². The zero-order valence-corrected chi connectivity index (χ0v) is 12.0. The van der Waals surface area contributed by atoms with Crippen LogP contribution in [0.4, 0.5) is 0 Å². The highest BCUT2D eigenvalue weighted by atomic mass is 35.5. The van der Waals surface area contributed by atoms with E-state index in [0.717, 1.165) is 22.1 Å². The number of aromatic amines is 1. The molecule has 100 valence electrons. The molecule has 6 heteroatoms. The third kappa shape index (κ3) is 2.64. The van der Waals surface area contributed by atoms with E-state index in [4.69, 9.17) is 23.8 Å². The molecule has 0 saturated carbocycles. The van der Waals surface area contributed by atoms with Gasteiger partial charge in [0, 0.05) is 17.6 Å². The number of nitrogens with one attached hydrogen (secondary N) is 1. The molecule has 2 heterocycles. The Morgan fingerprint density at radius 3 is 2.70 bits per heavy atom. The molecule has 3 aromatic rings. The SMILES string of the molecule is S=c1[nH]nc(Cc2ccc(Cl)cc2)n1-c1cccnc1. The fraction of sp³-hybridized carbons (Fsp3) is 0.0714. The van der Waals surface area contributed by atoms with Crippen LogP contribution in [0.15, 0.2) is 48.8 Å². The van der Waals surface area contributed by atoms with E-state index in [1.165, 1.54) is 0 Å². The van der Waals surface area contributed by atoms with Gasteiger partial charge in [0.15, 0.2) is 4.77 Å². The normalized spacial score (nSPS) is 10.7. The Bertz CT molecular complexity index is 762. The molecule has 0 saturated heterocycles. The lowest BCUT2D eigenvalue weighted by molar-refractivity contribution is 0.897. The topological polar surface area (TPSA) is 46.5 Å². The van der Waals surface area contributed by atoms with Crippen LogP contribution < -0.4 is 0 Å². The van der Waals surface area contributed by atoms with Gasteiger partial charge in [-0.25, -0.2) is 0 Å². The van der Waals surface area contributed by atoms with Gasteiger partial charge in [0.25, 0.3) is 0 Å². The van der Waals surface area contributed by atoms with Crippen LogP contribution in [0.25, 0.3) is 5.69 Å². The van der Waals surface area contributed by atoms with Crippen LogP contribution in [0, 0.1) is 4.77 Å². The molecular formula is C14H11ClN4S. The Labute approximate surface area is 126 Å². The lowest BCUT2D eigenvalue weighted by Gasteiger charge is -2.06. The monoisotopic (exact) mass is 302 g/mol. The van der Waals surface area contributed by atoms with E-state index in [9.17, 15) is 0 Å². The molecule has 1 aromatic carbocycles. The van der Waals surface area contributed by atoms with E-state index in [0.29, 0.717) is 11.2 Å². The number of hydrogen-bond acceptors (Lipinski definition) is 3. The largest absolute Gasteiger partial charge is 0.270 e. The molecule has 3 rings (SSSR count). The Kier molecular flexibility index (Phi) is 3.62. The van der Waals surface area contributed by atoms with Gasteiger partial charge in [-0.15, -0.1) is 0 Å². The van der Waals surface area contributed by atoms with Crippen molar-refractivity contribution < 1.29 is 0 Å². The van der Waals surface area contributed by atoms with Crippen LogP contribution in [-0.2, 0) is 6.42 Å². The smallest absolute Gasteiger partial charge is 0.199 e. The van der Waals surface area contributed by atoms with E-state index in [1.807, 2.05) is 41.0 Å². The fourth-order valence-electron chi connectivity index (χ4n) is 1.99. The minimum atomic E-state index is 0.557. The standard InChI is InChI=1S/C14H11ClN4S/c15-11-5-3-10(4-6-11)8-13-17-18-14(20)19(13)12-2-1-7-16-9-12/h1-7,9H,8H2,(H,18,20). The molecule has 0 atom stereocenters. The number of nitrogens with zero attached hydrogens (tertiary/aromatic N) is 3. The van der Waals surface area contributed by atoms with Crippen LogP contribution >= 0.6 is 23.8 Å². The predicted molar refractivity (Wildman–Crippen MR) is 80.8 cm³/mol. The first-order chi connectivity index (χ1) is 9.74. The molecular weight excluding hydrogens is 292 g/mol. The molecule has 4 nitrogen and oxygen atoms in total. The summed E-state index contributed by atoms with van der Waals surface area (Å²) in [5.74, 6) is 0.838. The molecule has 0 bridgehead atoms. The maximum Gasteiger partial charge on any atom is 0.199 e. The maximum atomic E-state index is 5.89. The maximum absolute atomic E-state index is 5.89. The van der Waals surface area contributed by atoms with Crippen molar-refractivity contribution in [3.63, 3.8) is 0 Å². The summed E-state index contributed by atoms with van der Waals surface area (Å²) in [6.45, 7) is 0. The van der Waals surface area contributed by atoms with Crippen molar-refractivity contribution in [3.8, 4) is 5.69 Å². The highest BCUT2D eigenvalue weighted by molar-refractivity contribution is 7.71. The van der Waals surface area contributed by atoms with E-state index >= 15 is 0 Å². The summed E-state index contributed by atoms with van der Waals surface area (Å²) in [6, 6.07) is 11.5. The molecule has 0 fully saturated rings. The lowest BCUT2D eigenvalue weighted by atomic mass is 10.1. The average molecular weight is 303 g/mol. The van der Waals surface area contributed by atoms with Crippen molar-refractivity contribution in [3.05, 3.63) is 70.0 Å². The molecule has 0 aliphatic carbocycles. The van der Waals surface area contributed by atoms with Crippen molar-refractivity contribution in [1.82, 2.24) is 19.7 Å². The van der Waals surface area contributed by atoms with Gasteiger partial charge in [-0.1, -0.05) is 23.7 Å². The van der Waals surface area contributed by atoms with Gasteiger partial charge in [-0.05, 0) is 42.0 Å². The molecule has 20 heavy (non-hydrogen) atoms. The second-order valence-electron chi connectivity index (χ2n) is 4.29. The number of halogens is 1. The van der Waals surface area contributed by atoms with Gasteiger partial charge in [0.2, 0.25) is 0 Å². The van der Waals surface area contributed by atoms with Gasteiger partial charge in [0.1, 0.15) is 5.82 Å². The van der Waals surface area contributed by atoms with E-state index in [1.54, 1.807) is 12.4 Å². The van der Waals surface area contributed by atoms with E-state index in [2.05, 4.69) is 15.2 Å². The molecule has 0 aliphatic rings. The first kappa shape index (κ1) is 13.0. The fourth-order valence-corrected chi connectivity index (χ4v) is 2.37. The Morgan fingerprint density at radius 1 is 1.20 bits per heavy atom. The first-order valence-electron chi connectivity index (χ1n) is 6.05. The van der Waals surface area contributed by atoms with Gasteiger partial charge in [-0.3, -0.25) is 14.6 Å². The van der Waals surface area contributed by atoms with Gasteiger partial charge in [0.05, 0.1) is 11.9 Å².